The first-order valence-electron chi connectivity index (χ1n) is 3.11. The van der Waals surface area contributed by atoms with Crippen molar-refractivity contribution in [2.45, 2.75) is 26.1 Å². The van der Waals surface area contributed by atoms with Gasteiger partial charge in [0.15, 0.2) is 0 Å². The summed E-state index contributed by atoms with van der Waals surface area (Å²) in [4.78, 5) is 10.8. The zero-order valence-corrected chi connectivity index (χ0v) is 7.53. The number of rotatable bonds is 1. The quantitative estimate of drug-likeness (QED) is 0.437. The molecule has 1 atom stereocenters. The molecule has 0 rings (SSSR count). The summed E-state index contributed by atoms with van der Waals surface area (Å²) in [6.07, 6.45) is 0. The Kier molecular flexibility index (Phi) is 3.16. The number of alkyl halides is 1. The van der Waals surface area contributed by atoms with Crippen molar-refractivity contribution in [1.29, 1.82) is 0 Å². The summed E-state index contributed by atoms with van der Waals surface area (Å²) in [5, 5.41) is -0.558. The van der Waals surface area contributed by atoms with Gasteiger partial charge in [-0.2, -0.15) is 0 Å². The predicted molar refractivity (Wildman–Crippen MR) is 41.1 cm³/mol. The maximum absolute atomic E-state index is 10.8. The third kappa shape index (κ3) is 2.56. The standard InChI is InChI=1S/C7H13ClO2/c1-7(2,3)5(8)6(9)10-4/h5H,1-4H3/t5-/m1/s1. The highest BCUT2D eigenvalue weighted by Gasteiger charge is 2.29. The van der Waals surface area contributed by atoms with Crippen molar-refractivity contribution in [2.75, 3.05) is 7.11 Å². The van der Waals surface area contributed by atoms with Gasteiger partial charge in [-0.25, -0.2) is 0 Å². The molecular formula is C7H13ClO2. The molecule has 2 nitrogen and oxygen atoms in total. The van der Waals surface area contributed by atoms with Gasteiger partial charge >= 0.3 is 5.97 Å². The Bertz CT molecular complexity index is 126. The van der Waals surface area contributed by atoms with Gasteiger partial charge in [-0.3, -0.25) is 4.79 Å². The summed E-state index contributed by atoms with van der Waals surface area (Å²) >= 11 is 5.73. The smallest absolute Gasteiger partial charge is 0.324 e. The molecule has 0 N–H and O–H groups in total. The van der Waals surface area contributed by atoms with E-state index in [1.165, 1.54) is 7.11 Å². The van der Waals surface area contributed by atoms with E-state index in [0.717, 1.165) is 0 Å². The van der Waals surface area contributed by atoms with Gasteiger partial charge in [0.2, 0.25) is 0 Å². The maximum atomic E-state index is 10.8. The number of carbonyl (C=O) groups excluding carboxylic acids is 1. The zero-order valence-electron chi connectivity index (χ0n) is 6.77. The van der Waals surface area contributed by atoms with Gasteiger partial charge in [0.1, 0.15) is 5.38 Å². The molecule has 0 fully saturated rings. The van der Waals surface area contributed by atoms with E-state index in [4.69, 9.17) is 11.6 Å². The van der Waals surface area contributed by atoms with E-state index < -0.39 is 5.38 Å². The van der Waals surface area contributed by atoms with Gasteiger partial charge in [0.25, 0.3) is 0 Å². The van der Waals surface area contributed by atoms with Crippen molar-refractivity contribution < 1.29 is 9.53 Å². The molecule has 0 spiro atoms. The van der Waals surface area contributed by atoms with Crippen LogP contribution in [0.1, 0.15) is 20.8 Å². The second-order valence-corrected chi connectivity index (χ2v) is 3.69. The molecule has 0 aromatic heterocycles. The Morgan fingerprint density at radius 1 is 1.50 bits per heavy atom. The Morgan fingerprint density at radius 3 is 2.00 bits per heavy atom. The number of ether oxygens (including phenoxy) is 1. The first kappa shape index (κ1) is 9.76. The molecule has 0 unspecified atom stereocenters. The SMILES string of the molecule is COC(=O)[C@@H](Cl)C(C)(C)C. The predicted octanol–water partition coefficient (Wildman–Crippen LogP) is 1.81. The van der Waals surface area contributed by atoms with Gasteiger partial charge in [-0.1, -0.05) is 20.8 Å². The highest BCUT2D eigenvalue weighted by Crippen LogP contribution is 2.24. The Morgan fingerprint density at radius 2 is 1.90 bits per heavy atom. The molecule has 0 radical (unpaired) electrons. The molecule has 0 aliphatic heterocycles. The van der Waals surface area contributed by atoms with Crippen LogP contribution in [0.25, 0.3) is 0 Å². The fraction of sp³-hybridized carbons (Fsp3) is 0.857. The fourth-order valence-electron chi connectivity index (χ4n) is 0.457. The molecule has 0 heterocycles. The molecule has 0 saturated carbocycles. The van der Waals surface area contributed by atoms with Crippen LogP contribution >= 0.6 is 11.6 Å². The van der Waals surface area contributed by atoms with Crippen LogP contribution in [0.5, 0.6) is 0 Å². The summed E-state index contributed by atoms with van der Waals surface area (Å²) in [6, 6.07) is 0. The molecule has 0 aromatic rings. The van der Waals surface area contributed by atoms with E-state index in [0.29, 0.717) is 0 Å². The number of halogens is 1. The lowest BCUT2D eigenvalue weighted by Crippen LogP contribution is -2.30. The molecule has 60 valence electrons. The molecule has 0 aliphatic carbocycles. The van der Waals surface area contributed by atoms with Gasteiger partial charge < -0.3 is 4.74 Å². The molecule has 0 aromatic carbocycles. The average Bonchev–Trinajstić information content (AvgIpc) is 1.83. The molecule has 0 amide bonds. The summed E-state index contributed by atoms with van der Waals surface area (Å²) in [6.45, 7) is 5.67. The average molecular weight is 165 g/mol. The Labute approximate surface area is 66.5 Å². The lowest BCUT2D eigenvalue weighted by molar-refractivity contribution is -0.142. The number of hydrogen-bond donors (Lipinski definition) is 0. The van der Waals surface area contributed by atoms with Crippen LogP contribution in [-0.2, 0) is 9.53 Å². The monoisotopic (exact) mass is 164 g/mol. The van der Waals surface area contributed by atoms with Crippen LogP contribution in [0.15, 0.2) is 0 Å². The molecular weight excluding hydrogens is 152 g/mol. The minimum absolute atomic E-state index is 0.228. The molecule has 0 aliphatic rings. The largest absolute Gasteiger partial charge is 0.468 e. The van der Waals surface area contributed by atoms with Gasteiger partial charge in [-0.05, 0) is 5.41 Å². The highest BCUT2D eigenvalue weighted by atomic mass is 35.5. The summed E-state index contributed by atoms with van der Waals surface area (Å²) in [5.74, 6) is -0.367. The normalized spacial score (nSPS) is 14.5. The topological polar surface area (TPSA) is 26.3 Å². The van der Waals surface area contributed by atoms with Crippen LogP contribution < -0.4 is 0 Å². The number of carbonyl (C=O) groups is 1. The van der Waals surface area contributed by atoms with Crippen LogP contribution in [0.4, 0.5) is 0 Å². The number of methoxy groups -OCH3 is 1. The number of hydrogen-bond acceptors (Lipinski definition) is 2. The lowest BCUT2D eigenvalue weighted by atomic mass is 9.92. The second kappa shape index (κ2) is 3.24. The molecule has 0 bridgehead atoms. The van der Waals surface area contributed by atoms with Crippen molar-refractivity contribution in [3.05, 3.63) is 0 Å². The van der Waals surface area contributed by atoms with Gasteiger partial charge in [-0.15, -0.1) is 11.6 Å². The first-order valence-corrected chi connectivity index (χ1v) is 3.55. The van der Waals surface area contributed by atoms with Crippen LogP contribution in [-0.4, -0.2) is 18.5 Å². The van der Waals surface area contributed by atoms with Crippen molar-refractivity contribution in [2.24, 2.45) is 5.41 Å². The summed E-state index contributed by atoms with van der Waals surface area (Å²) in [5.41, 5.74) is -0.228. The van der Waals surface area contributed by atoms with Gasteiger partial charge in [0.05, 0.1) is 7.11 Å². The van der Waals surface area contributed by atoms with E-state index >= 15 is 0 Å². The molecule has 10 heavy (non-hydrogen) atoms. The lowest BCUT2D eigenvalue weighted by Gasteiger charge is -2.22. The first-order chi connectivity index (χ1) is 4.39. The zero-order chi connectivity index (χ0) is 8.36. The number of esters is 1. The van der Waals surface area contributed by atoms with E-state index in [2.05, 4.69) is 4.74 Å². The van der Waals surface area contributed by atoms with Crippen molar-refractivity contribution >= 4 is 17.6 Å². The van der Waals surface area contributed by atoms with Crippen LogP contribution in [0.2, 0.25) is 0 Å². The minimum atomic E-state index is -0.558. The van der Waals surface area contributed by atoms with Crippen molar-refractivity contribution in [3.8, 4) is 0 Å². The Balaban J connectivity index is 4.08. The highest BCUT2D eigenvalue weighted by molar-refractivity contribution is 6.30. The third-order valence-corrected chi connectivity index (χ3v) is 2.00. The summed E-state index contributed by atoms with van der Waals surface area (Å²) in [7, 11) is 1.34. The van der Waals surface area contributed by atoms with E-state index in [1.54, 1.807) is 0 Å². The van der Waals surface area contributed by atoms with Crippen LogP contribution in [0, 0.1) is 5.41 Å². The molecule has 3 heteroatoms. The molecule has 0 saturated heterocycles. The third-order valence-electron chi connectivity index (χ3n) is 1.17. The summed E-state index contributed by atoms with van der Waals surface area (Å²) < 4.78 is 4.47. The van der Waals surface area contributed by atoms with Crippen molar-refractivity contribution in [1.82, 2.24) is 0 Å². The Hall–Kier alpha value is -0.240. The van der Waals surface area contributed by atoms with Crippen molar-refractivity contribution in [3.63, 3.8) is 0 Å². The minimum Gasteiger partial charge on any atom is -0.468 e. The van der Waals surface area contributed by atoms with Gasteiger partial charge in [0, 0.05) is 0 Å². The van der Waals surface area contributed by atoms with E-state index in [1.807, 2.05) is 20.8 Å². The fourth-order valence-corrected chi connectivity index (χ4v) is 0.546. The van der Waals surface area contributed by atoms with E-state index in [-0.39, 0.29) is 11.4 Å². The second-order valence-electron chi connectivity index (χ2n) is 3.25. The van der Waals surface area contributed by atoms with Crippen LogP contribution in [0.3, 0.4) is 0 Å². The maximum Gasteiger partial charge on any atom is 0.324 e. The van der Waals surface area contributed by atoms with E-state index in [9.17, 15) is 4.79 Å².